The van der Waals surface area contributed by atoms with Crippen molar-refractivity contribution in [3.63, 3.8) is 0 Å². The smallest absolute Gasteiger partial charge is 0.224 e. The molecule has 0 aliphatic carbocycles. The number of carbonyl (C=O) groups is 1. The lowest BCUT2D eigenvalue weighted by Crippen LogP contribution is -2.36. The van der Waals surface area contributed by atoms with Crippen molar-refractivity contribution in [2.24, 2.45) is 0 Å². The molecule has 1 aromatic heterocycles. The summed E-state index contributed by atoms with van der Waals surface area (Å²) in [6, 6.07) is 7.49. The Kier molecular flexibility index (Phi) is 5.66. The third-order valence-electron chi connectivity index (χ3n) is 4.32. The molecule has 1 unspecified atom stereocenters. The Balaban J connectivity index is 1.99. The summed E-state index contributed by atoms with van der Waals surface area (Å²) in [5.74, 6) is 4.31. The zero-order valence-corrected chi connectivity index (χ0v) is 16.2. The number of hydrogen-bond acceptors (Lipinski definition) is 6. The summed E-state index contributed by atoms with van der Waals surface area (Å²) in [6.07, 6.45) is 0.510. The molecule has 26 heavy (non-hydrogen) atoms. The van der Waals surface area contributed by atoms with Gasteiger partial charge in [-0.25, -0.2) is 0 Å². The Morgan fingerprint density at radius 2 is 1.81 bits per heavy atom. The van der Waals surface area contributed by atoms with E-state index in [0.29, 0.717) is 30.2 Å². The minimum Gasteiger partial charge on any atom is -0.496 e. The number of benzene rings is 1. The van der Waals surface area contributed by atoms with Crippen LogP contribution in [0.3, 0.4) is 0 Å². The van der Waals surface area contributed by atoms with Gasteiger partial charge in [-0.05, 0) is 25.1 Å². The molecule has 1 aromatic carbocycles. The second-order valence-electron chi connectivity index (χ2n) is 5.96. The largest absolute Gasteiger partial charge is 0.496 e. The summed E-state index contributed by atoms with van der Waals surface area (Å²) in [5.41, 5.74) is 0.881. The lowest BCUT2D eigenvalue weighted by atomic mass is 10.1. The van der Waals surface area contributed by atoms with Gasteiger partial charge in [-0.2, -0.15) is 0 Å². The minimum absolute atomic E-state index is 0.0969. The Labute approximate surface area is 157 Å². The average Bonchev–Trinajstić information content (AvgIpc) is 3.07. The first-order valence-electron chi connectivity index (χ1n) is 8.33. The van der Waals surface area contributed by atoms with Crippen molar-refractivity contribution in [1.82, 2.24) is 4.90 Å². The lowest BCUT2D eigenvalue weighted by molar-refractivity contribution is -0.133. The van der Waals surface area contributed by atoms with E-state index in [4.69, 9.17) is 18.6 Å². The van der Waals surface area contributed by atoms with Crippen molar-refractivity contribution in [2.75, 3.05) is 27.1 Å². The molecule has 1 atom stereocenters. The third kappa shape index (κ3) is 3.62. The highest BCUT2D eigenvalue weighted by Gasteiger charge is 2.33. The zero-order valence-electron chi connectivity index (χ0n) is 15.4. The molecule has 140 valence electrons. The first-order valence-corrected chi connectivity index (χ1v) is 9.38. The second kappa shape index (κ2) is 7.95. The summed E-state index contributed by atoms with van der Waals surface area (Å²) in [5, 5.41) is -0.184. The fourth-order valence-electron chi connectivity index (χ4n) is 3.03. The van der Waals surface area contributed by atoms with Crippen molar-refractivity contribution in [3.05, 3.63) is 41.3 Å². The SMILES string of the molecule is COc1cc(OC)c(C2SCCC(=O)N2Cc2ccc(C)o2)cc1OC. The van der Waals surface area contributed by atoms with E-state index in [1.165, 1.54) is 0 Å². The number of carbonyl (C=O) groups excluding carboxylic acids is 1. The van der Waals surface area contributed by atoms with Crippen LogP contribution in [-0.4, -0.2) is 37.9 Å². The van der Waals surface area contributed by atoms with Crippen molar-refractivity contribution < 1.29 is 23.4 Å². The second-order valence-corrected chi connectivity index (χ2v) is 7.14. The third-order valence-corrected chi connectivity index (χ3v) is 5.58. The number of ether oxygens (including phenoxy) is 3. The van der Waals surface area contributed by atoms with Crippen LogP contribution >= 0.6 is 11.8 Å². The number of nitrogens with zero attached hydrogens (tertiary/aromatic N) is 1. The number of aryl methyl sites for hydroxylation is 1. The van der Waals surface area contributed by atoms with Crippen LogP contribution in [0.4, 0.5) is 0 Å². The molecular formula is C19H23NO5S. The van der Waals surface area contributed by atoms with Gasteiger partial charge in [0.25, 0.3) is 0 Å². The van der Waals surface area contributed by atoms with E-state index in [9.17, 15) is 4.79 Å². The van der Waals surface area contributed by atoms with Crippen LogP contribution in [0, 0.1) is 6.92 Å². The lowest BCUT2D eigenvalue weighted by Gasteiger charge is -2.35. The van der Waals surface area contributed by atoms with E-state index < -0.39 is 0 Å². The van der Waals surface area contributed by atoms with E-state index in [-0.39, 0.29) is 11.3 Å². The van der Waals surface area contributed by atoms with Crippen molar-refractivity contribution >= 4 is 17.7 Å². The maximum absolute atomic E-state index is 12.6. The van der Waals surface area contributed by atoms with E-state index >= 15 is 0 Å². The number of furan rings is 1. The van der Waals surface area contributed by atoms with Gasteiger partial charge < -0.3 is 23.5 Å². The summed E-state index contributed by atoms with van der Waals surface area (Å²) in [6.45, 7) is 2.31. The predicted molar refractivity (Wildman–Crippen MR) is 99.9 cm³/mol. The minimum atomic E-state index is -0.184. The molecule has 1 saturated heterocycles. The van der Waals surface area contributed by atoms with Gasteiger partial charge in [0, 0.05) is 23.8 Å². The molecular weight excluding hydrogens is 354 g/mol. The Hall–Kier alpha value is -2.28. The molecule has 1 aliphatic heterocycles. The highest BCUT2D eigenvalue weighted by Crippen LogP contribution is 2.46. The fraction of sp³-hybridized carbons (Fsp3) is 0.421. The first kappa shape index (κ1) is 18.5. The topological polar surface area (TPSA) is 61.1 Å². The van der Waals surface area contributed by atoms with E-state index in [2.05, 4.69) is 0 Å². The Morgan fingerprint density at radius 1 is 1.12 bits per heavy atom. The molecule has 1 fully saturated rings. The quantitative estimate of drug-likeness (QED) is 0.764. The van der Waals surface area contributed by atoms with E-state index in [0.717, 1.165) is 22.8 Å². The van der Waals surface area contributed by atoms with Crippen LogP contribution < -0.4 is 14.2 Å². The van der Waals surface area contributed by atoms with Gasteiger partial charge in [0.2, 0.25) is 5.91 Å². The van der Waals surface area contributed by atoms with Crippen LogP contribution in [0.2, 0.25) is 0 Å². The monoisotopic (exact) mass is 377 g/mol. The molecule has 0 spiro atoms. The molecule has 3 rings (SSSR count). The van der Waals surface area contributed by atoms with Gasteiger partial charge in [-0.3, -0.25) is 4.79 Å². The standard InChI is InChI=1S/C19H23NO5S/c1-12-5-6-13(25-12)11-20-18(21)7-8-26-19(20)14-9-16(23-3)17(24-4)10-15(14)22-2/h5-6,9-10,19H,7-8,11H2,1-4H3. The van der Waals surface area contributed by atoms with Crippen molar-refractivity contribution in [3.8, 4) is 17.2 Å². The zero-order chi connectivity index (χ0) is 18.7. The number of rotatable bonds is 6. The highest BCUT2D eigenvalue weighted by molar-refractivity contribution is 7.99. The molecule has 0 radical (unpaired) electrons. The van der Waals surface area contributed by atoms with Crippen LogP contribution in [0.1, 0.15) is 28.9 Å². The predicted octanol–water partition coefficient (Wildman–Crippen LogP) is 3.78. The molecule has 0 bridgehead atoms. The molecule has 0 saturated carbocycles. The van der Waals surface area contributed by atoms with E-state index in [1.54, 1.807) is 39.2 Å². The van der Waals surface area contributed by atoms with Gasteiger partial charge in [-0.1, -0.05) is 0 Å². The summed E-state index contributed by atoms with van der Waals surface area (Å²) < 4.78 is 22.0. The molecule has 1 amide bonds. The molecule has 0 N–H and O–H groups in total. The van der Waals surface area contributed by atoms with Crippen molar-refractivity contribution in [1.29, 1.82) is 0 Å². The maximum Gasteiger partial charge on any atom is 0.224 e. The van der Waals surface area contributed by atoms with Gasteiger partial charge in [0.1, 0.15) is 22.6 Å². The average molecular weight is 377 g/mol. The number of amides is 1. The molecule has 7 heteroatoms. The maximum atomic E-state index is 12.6. The van der Waals surface area contributed by atoms with Crippen molar-refractivity contribution in [2.45, 2.75) is 25.3 Å². The van der Waals surface area contributed by atoms with Crippen LogP contribution in [0.5, 0.6) is 17.2 Å². The molecule has 2 heterocycles. The van der Waals surface area contributed by atoms with Gasteiger partial charge in [0.05, 0.1) is 27.9 Å². The number of hydrogen-bond donors (Lipinski definition) is 0. The van der Waals surface area contributed by atoms with E-state index in [1.807, 2.05) is 30.0 Å². The first-order chi connectivity index (χ1) is 12.6. The summed E-state index contributed by atoms with van der Waals surface area (Å²) >= 11 is 1.70. The molecule has 6 nitrogen and oxygen atoms in total. The fourth-order valence-corrected chi connectivity index (χ4v) is 4.29. The Bertz CT molecular complexity index is 788. The summed E-state index contributed by atoms with van der Waals surface area (Å²) in [7, 11) is 4.79. The number of methoxy groups -OCH3 is 3. The van der Waals surface area contributed by atoms with Crippen LogP contribution in [0.25, 0.3) is 0 Å². The summed E-state index contributed by atoms with van der Waals surface area (Å²) in [4.78, 5) is 14.5. The van der Waals surface area contributed by atoms with Gasteiger partial charge in [-0.15, -0.1) is 11.8 Å². The van der Waals surface area contributed by atoms with Gasteiger partial charge >= 0.3 is 0 Å². The van der Waals surface area contributed by atoms with Crippen LogP contribution in [0.15, 0.2) is 28.7 Å². The van der Waals surface area contributed by atoms with Gasteiger partial charge in [0.15, 0.2) is 11.5 Å². The Morgan fingerprint density at radius 3 is 2.42 bits per heavy atom. The molecule has 2 aromatic rings. The highest BCUT2D eigenvalue weighted by atomic mass is 32.2. The van der Waals surface area contributed by atoms with Crippen LogP contribution in [-0.2, 0) is 11.3 Å². The normalized spacial score (nSPS) is 17.3. The molecule has 1 aliphatic rings. The number of thioether (sulfide) groups is 1.